The maximum atomic E-state index is 13.4. The van der Waals surface area contributed by atoms with E-state index in [2.05, 4.69) is 17.1 Å². The number of hydrogen-bond acceptors (Lipinski definition) is 6. The van der Waals surface area contributed by atoms with Crippen molar-refractivity contribution in [3.8, 4) is 0 Å². The molecule has 31 heavy (non-hydrogen) atoms. The van der Waals surface area contributed by atoms with Gasteiger partial charge >= 0.3 is 5.97 Å². The van der Waals surface area contributed by atoms with Gasteiger partial charge in [0, 0.05) is 48.8 Å². The van der Waals surface area contributed by atoms with Crippen LogP contribution in [0.25, 0.3) is 0 Å². The number of esters is 1. The van der Waals surface area contributed by atoms with Crippen LogP contribution in [0.15, 0.2) is 71.1 Å². The highest BCUT2D eigenvalue weighted by molar-refractivity contribution is 6.09. The maximum absolute atomic E-state index is 13.4. The molecule has 0 bridgehead atoms. The number of Topliss-reactive ketones (excluding diaryl/α,β-unsaturated/α-hetero) is 1. The third-order valence-electron chi connectivity index (χ3n) is 5.99. The minimum atomic E-state index is -0.656. The van der Waals surface area contributed by atoms with Gasteiger partial charge < -0.3 is 9.47 Å². The van der Waals surface area contributed by atoms with E-state index >= 15 is 0 Å². The Balaban J connectivity index is 1.73. The summed E-state index contributed by atoms with van der Waals surface area (Å²) in [6.07, 6.45) is 4.48. The molecular formula is C25H26N2O4. The van der Waals surface area contributed by atoms with Crippen LogP contribution in [0.2, 0.25) is 0 Å². The topological polar surface area (TPSA) is 77.9 Å². The Labute approximate surface area is 182 Å². The van der Waals surface area contributed by atoms with Gasteiger partial charge in [-0.15, -0.1) is 0 Å². The number of ketones is 1. The summed E-state index contributed by atoms with van der Waals surface area (Å²) in [5, 5.41) is 0. The molecule has 6 nitrogen and oxygen atoms in total. The fourth-order valence-electron chi connectivity index (χ4n) is 4.56. The second-order valence-corrected chi connectivity index (χ2v) is 7.95. The van der Waals surface area contributed by atoms with E-state index in [4.69, 9.17) is 14.5 Å². The number of ether oxygens (including phenoxy) is 2. The van der Waals surface area contributed by atoms with Crippen LogP contribution in [0.5, 0.6) is 0 Å². The monoisotopic (exact) mass is 418 g/mol. The molecule has 2 aromatic rings. The van der Waals surface area contributed by atoms with Gasteiger partial charge in [0.1, 0.15) is 12.5 Å². The highest BCUT2D eigenvalue weighted by Gasteiger charge is 2.44. The molecule has 0 radical (unpaired) electrons. The lowest BCUT2D eigenvalue weighted by Crippen LogP contribution is -2.38. The van der Waals surface area contributed by atoms with Gasteiger partial charge in [-0.25, -0.2) is 0 Å². The van der Waals surface area contributed by atoms with Gasteiger partial charge in [0.15, 0.2) is 5.78 Å². The van der Waals surface area contributed by atoms with Gasteiger partial charge in [0.25, 0.3) is 0 Å². The number of carbonyl (C=O) groups is 2. The predicted octanol–water partition coefficient (Wildman–Crippen LogP) is 3.85. The van der Waals surface area contributed by atoms with Crippen molar-refractivity contribution in [2.45, 2.75) is 31.6 Å². The number of rotatable bonds is 6. The van der Waals surface area contributed by atoms with Gasteiger partial charge in [0.2, 0.25) is 0 Å². The number of benzene rings is 1. The lowest BCUT2D eigenvalue weighted by atomic mass is 9.69. The Bertz CT molecular complexity index is 1010. The van der Waals surface area contributed by atoms with Gasteiger partial charge in [-0.05, 0) is 36.5 Å². The third kappa shape index (κ3) is 4.35. The van der Waals surface area contributed by atoms with E-state index in [9.17, 15) is 9.59 Å². The average molecular weight is 418 g/mol. The van der Waals surface area contributed by atoms with Crippen molar-refractivity contribution in [1.29, 1.82) is 0 Å². The lowest BCUT2D eigenvalue weighted by Gasteiger charge is -2.36. The van der Waals surface area contributed by atoms with Gasteiger partial charge in [-0.3, -0.25) is 19.6 Å². The van der Waals surface area contributed by atoms with E-state index in [0.717, 1.165) is 16.8 Å². The molecule has 0 spiro atoms. The summed E-state index contributed by atoms with van der Waals surface area (Å²) in [4.78, 5) is 35.4. The highest BCUT2D eigenvalue weighted by atomic mass is 16.6. The van der Waals surface area contributed by atoms with Crippen molar-refractivity contribution in [2.24, 2.45) is 10.9 Å². The molecule has 4 rings (SSSR count). The molecule has 1 unspecified atom stereocenters. The second kappa shape index (κ2) is 9.35. The fraction of sp³-hybridized carbons (Fsp3) is 0.360. The zero-order chi connectivity index (χ0) is 21.8. The Morgan fingerprint density at radius 1 is 1.06 bits per heavy atom. The van der Waals surface area contributed by atoms with Crippen LogP contribution < -0.4 is 0 Å². The summed E-state index contributed by atoms with van der Waals surface area (Å²) >= 11 is 0. The van der Waals surface area contributed by atoms with Crippen molar-refractivity contribution >= 4 is 17.5 Å². The molecule has 0 fully saturated rings. The highest BCUT2D eigenvalue weighted by Crippen LogP contribution is 2.46. The van der Waals surface area contributed by atoms with Crippen LogP contribution in [0.3, 0.4) is 0 Å². The van der Waals surface area contributed by atoms with Crippen molar-refractivity contribution in [3.05, 3.63) is 77.3 Å². The van der Waals surface area contributed by atoms with Crippen molar-refractivity contribution < 1.29 is 19.1 Å². The molecule has 0 amide bonds. The quantitative estimate of drug-likeness (QED) is 0.526. The van der Waals surface area contributed by atoms with Gasteiger partial charge in [-0.1, -0.05) is 36.4 Å². The van der Waals surface area contributed by atoms with Crippen molar-refractivity contribution in [2.75, 3.05) is 20.3 Å². The van der Waals surface area contributed by atoms with Crippen LogP contribution in [-0.2, 0) is 19.1 Å². The summed E-state index contributed by atoms with van der Waals surface area (Å²) in [5.41, 5.74) is 4.02. The fourth-order valence-corrected chi connectivity index (χ4v) is 4.56. The van der Waals surface area contributed by atoms with Crippen LogP contribution >= 0.6 is 0 Å². The first kappa shape index (κ1) is 21.1. The SMILES string of the molecule is COCCOC(=O)C1C(C)=NC2=C(C(=O)C[C@@H](c3ccccc3)C2)[C@H]1c1cccnc1. The summed E-state index contributed by atoms with van der Waals surface area (Å²) in [6, 6.07) is 13.8. The van der Waals surface area contributed by atoms with E-state index in [-0.39, 0.29) is 18.3 Å². The molecule has 1 aromatic carbocycles. The standard InChI is InChI=1S/C25H26N2O4/c1-16-22(25(29)31-12-11-30-2)23(18-9-6-10-26-15-18)24-20(27-16)13-19(14-21(24)28)17-7-4-3-5-8-17/h3-10,15,19,22-23H,11-14H2,1-2H3/t19-,22?,23-/m0/s1. The largest absolute Gasteiger partial charge is 0.463 e. The summed E-state index contributed by atoms with van der Waals surface area (Å²) in [7, 11) is 1.56. The first-order valence-corrected chi connectivity index (χ1v) is 10.5. The minimum absolute atomic E-state index is 0.0369. The molecule has 0 saturated heterocycles. The molecular weight excluding hydrogens is 392 g/mol. The van der Waals surface area contributed by atoms with E-state index in [0.29, 0.717) is 30.7 Å². The second-order valence-electron chi connectivity index (χ2n) is 7.95. The normalized spacial score (nSPS) is 23.2. The Morgan fingerprint density at radius 2 is 1.84 bits per heavy atom. The van der Waals surface area contributed by atoms with E-state index in [1.807, 2.05) is 37.3 Å². The average Bonchev–Trinajstić information content (AvgIpc) is 2.79. The third-order valence-corrected chi connectivity index (χ3v) is 5.99. The molecule has 2 heterocycles. The smallest absolute Gasteiger partial charge is 0.315 e. The number of methoxy groups -OCH3 is 1. The molecule has 1 aromatic heterocycles. The Morgan fingerprint density at radius 3 is 2.55 bits per heavy atom. The predicted molar refractivity (Wildman–Crippen MR) is 117 cm³/mol. The van der Waals surface area contributed by atoms with Crippen molar-refractivity contribution in [3.63, 3.8) is 0 Å². The number of nitrogens with zero attached hydrogens (tertiary/aromatic N) is 2. The van der Waals surface area contributed by atoms with Crippen LogP contribution in [-0.4, -0.2) is 42.8 Å². The lowest BCUT2D eigenvalue weighted by molar-refractivity contribution is -0.147. The zero-order valence-electron chi connectivity index (χ0n) is 17.8. The number of aromatic nitrogens is 1. The molecule has 6 heteroatoms. The van der Waals surface area contributed by atoms with Crippen LogP contribution in [0.1, 0.15) is 42.7 Å². The zero-order valence-corrected chi connectivity index (χ0v) is 17.8. The van der Waals surface area contributed by atoms with E-state index in [1.54, 1.807) is 19.5 Å². The molecule has 1 aliphatic carbocycles. The molecule has 0 N–H and O–H groups in total. The number of hydrogen-bond donors (Lipinski definition) is 0. The summed E-state index contributed by atoms with van der Waals surface area (Å²) in [5.74, 6) is -1.37. The summed E-state index contributed by atoms with van der Waals surface area (Å²) in [6.45, 7) is 2.32. The maximum Gasteiger partial charge on any atom is 0.315 e. The first-order valence-electron chi connectivity index (χ1n) is 10.5. The molecule has 3 atom stereocenters. The number of allylic oxidation sites excluding steroid dienone is 2. The molecule has 2 aliphatic rings. The van der Waals surface area contributed by atoms with Crippen LogP contribution in [0.4, 0.5) is 0 Å². The number of carbonyl (C=O) groups excluding carboxylic acids is 2. The van der Waals surface area contributed by atoms with Crippen molar-refractivity contribution in [1.82, 2.24) is 4.98 Å². The molecule has 0 saturated carbocycles. The Kier molecular flexibility index (Phi) is 6.37. The van der Waals surface area contributed by atoms with Gasteiger partial charge in [-0.2, -0.15) is 0 Å². The van der Waals surface area contributed by atoms with E-state index in [1.165, 1.54) is 0 Å². The number of pyridine rings is 1. The molecule has 1 aliphatic heterocycles. The van der Waals surface area contributed by atoms with Gasteiger partial charge in [0.05, 0.1) is 6.61 Å². The Hall–Kier alpha value is -3.12. The van der Waals surface area contributed by atoms with Crippen LogP contribution in [0, 0.1) is 5.92 Å². The summed E-state index contributed by atoms with van der Waals surface area (Å²) < 4.78 is 10.4. The molecule has 160 valence electrons. The number of aliphatic imine (C=N–C) groups is 1. The first-order chi connectivity index (χ1) is 15.1. The van der Waals surface area contributed by atoms with E-state index < -0.39 is 17.8 Å². The minimum Gasteiger partial charge on any atom is -0.463 e.